The predicted molar refractivity (Wildman–Crippen MR) is 83.9 cm³/mol. The fraction of sp³-hybridized carbons (Fsp3) is 0.562. The zero-order valence-corrected chi connectivity index (χ0v) is 13.5. The molecule has 0 aliphatic carbocycles. The molecule has 0 bridgehead atoms. The zero-order valence-electron chi connectivity index (χ0n) is 13.5. The number of amides is 2. The molecule has 134 valence electrons. The van der Waals surface area contributed by atoms with Gasteiger partial charge in [0.05, 0.1) is 0 Å². The van der Waals surface area contributed by atoms with Gasteiger partial charge in [-0.1, -0.05) is 12.1 Å². The van der Waals surface area contributed by atoms with E-state index in [-0.39, 0.29) is 38.0 Å². The number of benzene rings is 1. The first kappa shape index (κ1) is 18.4. The van der Waals surface area contributed by atoms with Crippen molar-refractivity contribution < 1.29 is 23.1 Å². The number of urea groups is 1. The number of alkyl halides is 3. The standard InChI is InChI=1S/C16H22F3N3O2/c1-12(16(17,18)19)21-7-9-22(10-8-21)15(24)20-6-5-13-3-2-4-14(23)11-13/h2-4,11-12,23H,5-10H2,1H3,(H,20,24). The minimum absolute atomic E-state index is 0.175. The Hall–Kier alpha value is -1.96. The summed E-state index contributed by atoms with van der Waals surface area (Å²) in [5, 5.41) is 12.1. The van der Waals surface area contributed by atoms with Gasteiger partial charge in [-0.25, -0.2) is 4.79 Å². The molecular weight excluding hydrogens is 323 g/mol. The van der Waals surface area contributed by atoms with Crippen LogP contribution < -0.4 is 5.32 Å². The van der Waals surface area contributed by atoms with Gasteiger partial charge in [0.25, 0.3) is 0 Å². The number of hydrogen-bond donors (Lipinski definition) is 2. The zero-order chi connectivity index (χ0) is 17.7. The van der Waals surface area contributed by atoms with Gasteiger partial charge in [0, 0.05) is 32.7 Å². The maximum Gasteiger partial charge on any atom is 0.403 e. The van der Waals surface area contributed by atoms with Crippen LogP contribution in [0.25, 0.3) is 0 Å². The van der Waals surface area contributed by atoms with Gasteiger partial charge in [-0.15, -0.1) is 0 Å². The molecule has 1 saturated heterocycles. The maximum absolute atomic E-state index is 12.7. The monoisotopic (exact) mass is 345 g/mol. The molecule has 1 aromatic rings. The highest BCUT2D eigenvalue weighted by molar-refractivity contribution is 5.74. The number of piperazine rings is 1. The number of carbonyl (C=O) groups excluding carboxylic acids is 1. The molecule has 2 amide bonds. The summed E-state index contributed by atoms with van der Waals surface area (Å²) in [5.74, 6) is 0.175. The summed E-state index contributed by atoms with van der Waals surface area (Å²) in [6.07, 6.45) is -3.67. The number of carbonyl (C=O) groups is 1. The van der Waals surface area contributed by atoms with Crippen LogP contribution in [0.15, 0.2) is 24.3 Å². The van der Waals surface area contributed by atoms with Gasteiger partial charge >= 0.3 is 12.2 Å². The quantitative estimate of drug-likeness (QED) is 0.880. The Labute approximate surface area is 139 Å². The van der Waals surface area contributed by atoms with E-state index in [1.165, 1.54) is 9.80 Å². The Morgan fingerprint density at radius 3 is 2.54 bits per heavy atom. The van der Waals surface area contributed by atoms with E-state index in [1.807, 2.05) is 6.07 Å². The van der Waals surface area contributed by atoms with Crippen LogP contribution in [0.3, 0.4) is 0 Å². The van der Waals surface area contributed by atoms with E-state index in [9.17, 15) is 23.1 Å². The molecule has 1 fully saturated rings. The second kappa shape index (κ2) is 7.74. The molecule has 1 aliphatic heterocycles. The fourth-order valence-electron chi connectivity index (χ4n) is 2.66. The van der Waals surface area contributed by atoms with Crippen LogP contribution in [-0.4, -0.2) is 65.9 Å². The molecule has 0 saturated carbocycles. The van der Waals surface area contributed by atoms with Crippen LogP contribution in [0.5, 0.6) is 5.75 Å². The van der Waals surface area contributed by atoms with E-state index in [2.05, 4.69) is 5.32 Å². The van der Waals surface area contributed by atoms with Crippen LogP contribution in [0.4, 0.5) is 18.0 Å². The topological polar surface area (TPSA) is 55.8 Å². The van der Waals surface area contributed by atoms with Crippen LogP contribution in [-0.2, 0) is 6.42 Å². The fourth-order valence-corrected chi connectivity index (χ4v) is 2.66. The molecule has 1 aliphatic rings. The molecule has 8 heteroatoms. The number of rotatable bonds is 4. The first-order valence-corrected chi connectivity index (χ1v) is 7.89. The second-order valence-electron chi connectivity index (χ2n) is 5.89. The third kappa shape index (κ3) is 5.02. The minimum atomic E-state index is -4.24. The maximum atomic E-state index is 12.7. The summed E-state index contributed by atoms with van der Waals surface area (Å²) in [4.78, 5) is 14.9. The SMILES string of the molecule is CC(N1CCN(C(=O)NCCc2cccc(O)c2)CC1)C(F)(F)F. The molecule has 1 heterocycles. The Morgan fingerprint density at radius 1 is 1.29 bits per heavy atom. The number of halogens is 3. The lowest BCUT2D eigenvalue weighted by Crippen LogP contribution is -2.56. The second-order valence-corrected chi connectivity index (χ2v) is 5.89. The Morgan fingerprint density at radius 2 is 1.96 bits per heavy atom. The Balaban J connectivity index is 1.73. The molecule has 2 rings (SSSR count). The van der Waals surface area contributed by atoms with Crippen molar-refractivity contribution in [3.8, 4) is 5.75 Å². The van der Waals surface area contributed by atoms with E-state index >= 15 is 0 Å². The van der Waals surface area contributed by atoms with E-state index in [0.29, 0.717) is 13.0 Å². The van der Waals surface area contributed by atoms with Crippen molar-refractivity contribution in [3.05, 3.63) is 29.8 Å². The Kier molecular flexibility index (Phi) is 5.93. The summed E-state index contributed by atoms with van der Waals surface area (Å²) >= 11 is 0. The molecule has 24 heavy (non-hydrogen) atoms. The van der Waals surface area contributed by atoms with Crippen molar-refractivity contribution in [3.63, 3.8) is 0 Å². The number of phenolic OH excluding ortho intramolecular Hbond substituents is 1. The summed E-state index contributed by atoms with van der Waals surface area (Å²) < 4.78 is 38.1. The third-order valence-electron chi connectivity index (χ3n) is 4.22. The van der Waals surface area contributed by atoms with Crippen molar-refractivity contribution in [1.29, 1.82) is 0 Å². The highest BCUT2D eigenvalue weighted by Crippen LogP contribution is 2.25. The molecule has 1 atom stereocenters. The molecule has 5 nitrogen and oxygen atoms in total. The highest BCUT2D eigenvalue weighted by atomic mass is 19.4. The molecule has 1 unspecified atom stereocenters. The molecule has 1 aromatic carbocycles. The average Bonchev–Trinajstić information content (AvgIpc) is 2.53. The van der Waals surface area contributed by atoms with Crippen molar-refractivity contribution in [1.82, 2.24) is 15.1 Å². The number of aromatic hydroxyl groups is 1. The van der Waals surface area contributed by atoms with E-state index in [0.717, 1.165) is 12.5 Å². The van der Waals surface area contributed by atoms with Gasteiger partial charge in [-0.3, -0.25) is 4.90 Å². The molecule has 0 aromatic heterocycles. The van der Waals surface area contributed by atoms with Crippen molar-refractivity contribution in [2.24, 2.45) is 0 Å². The smallest absolute Gasteiger partial charge is 0.403 e. The number of hydrogen-bond acceptors (Lipinski definition) is 3. The van der Waals surface area contributed by atoms with Gasteiger partial charge < -0.3 is 15.3 Å². The predicted octanol–water partition coefficient (Wildman–Crippen LogP) is 2.21. The lowest BCUT2D eigenvalue weighted by Gasteiger charge is -2.38. The van der Waals surface area contributed by atoms with Crippen molar-refractivity contribution in [2.75, 3.05) is 32.7 Å². The largest absolute Gasteiger partial charge is 0.508 e. The van der Waals surface area contributed by atoms with Crippen molar-refractivity contribution >= 4 is 6.03 Å². The Bertz CT molecular complexity index is 558. The van der Waals surface area contributed by atoms with Crippen LogP contribution >= 0.6 is 0 Å². The highest BCUT2D eigenvalue weighted by Gasteiger charge is 2.41. The summed E-state index contributed by atoms with van der Waals surface area (Å²) in [6.45, 7) is 2.52. The average molecular weight is 345 g/mol. The van der Waals surface area contributed by atoms with Crippen LogP contribution in [0.2, 0.25) is 0 Å². The van der Waals surface area contributed by atoms with Gasteiger partial charge in [-0.05, 0) is 31.0 Å². The first-order chi connectivity index (χ1) is 11.3. The molecule has 2 N–H and O–H groups in total. The van der Waals surface area contributed by atoms with Crippen molar-refractivity contribution in [2.45, 2.75) is 25.6 Å². The third-order valence-corrected chi connectivity index (χ3v) is 4.22. The van der Waals surface area contributed by atoms with Gasteiger partial charge in [0.2, 0.25) is 0 Å². The molecule has 0 spiro atoms. The summed E-state index contributed by atoms with van der Waals surface area (Å²) in [7, 11) is 0. The van der Waals surface area contributed by atoms with Crippen LogP contribution in [0, 0.1) is 0 Å². The van der Waals surface area contributed by atoms with E-state index < -0.39 is 12.2 Å². The molecular formula is C16H22F3N3O2. The lowest BCUT2D eigenvalue weighted by molar-refractivity contribution is -0.181. The summed E-state index contributed by atoms with van der Waals surface area (Å²) in [5.41, 5.74) is 0.902. The minimum Gasteiger partial charge on any atom is -0.508 e. The van der Waals surface area contributed by atoms with Gasteiger partial charge in [-0.2, -0.15) is 13.2 Å². The van der Waals surface area contributed by atoms with E-state index in [1.54, 1.807) is 18.2 Å². The van der Waals surface area contributed by atoms with Crippen LogP contribution in [0.1, 0.15) is 12.5 Å². The van der Waals surface area contributed by atoms with E-state index in [4.69, 9.17) is 0 Å². The lowest BCUT2D eigenvalue weighted by atomic mass is 10.1. The molecule has 0 radical (unpaired) electrons. The van der Waals surface area contributed by atoms with Gasteiger partial charge in [0.1, 0.15) is 11.8 Å². The summed E-state index contributed by atoms with van der Waals surface area (Å²) in [6, 6.07) is 5.02. The first-order valence-electron chi connectivity index (χ1n) is 7.89. The number of nitrogens with zero attached hydrogens (tertiary/aromatic N) is 2. The van der Waals surface area contributed by atoms with Gasteiger partial charge in [0.15, 0.2) is 0 Å². The number of phenols is 1. The normalized spacial score (nSPS) is 17.6. The number of nitrogens with one attached hydrogen (secondary N) is 1.